The SMILES string of the molecule is COc1ccc(N)c(C(=O)N2CCC(CCC(=O)O)C2)c1. The van der Waals surface area contributed by atoms with E-state index in [1.54, 1.807) is 23.1 Å². The highest BCUT2D eigenvalue weighted by Gasteiger charge is 2.28. The molecule has 0 saturated carbocycles. The molecule has 1 unspecified atom stereocenters. The number of methoxy groups -OCH3 is 1. The van der Waals surface area contributed by atoms with E-state index in [4.69, 9.17) is 15.6 Å². The molecule has 114 valence electrons. The van der Waals surface area contributed by atoms with Gasteiger partial charge in [-0.15, -0.1) is 0 Å². The first-order valence-corrected chi connectivity index (χ1v) is 6.96. The van der Waals surface area contributed by atoms with Gasteiger partial charge in [0.25, 0.3) is 5.91 Å². The average Bonchev–Trinajstić information content (AvgIpc) is 2.94. The van der Waals surface area contributed by atoms with Crippen molar-refractivity contribution in [1.29, 1.82) is 0 Å². The van der Waals surface area contributed by atoms with E-state index in [1.165, 1.54) is 7.11 Å². The first-order chi connectivity index (χ1) is 10.0. The number of rotatable bonds is 5. The summed E-state index contributed by atoms with van der Waals surface area (Å²) < 4.78 is 5.12. The summed E-state index contributed by atoms with van der Waals surface area (Å²) in [7, 11) is 1.54. The molecule has 1 amide bonds. The van der Waals surface area contributed by atoms with Crippen LogP contribution in [-0.4, -0.2) is 42.1 Å². The molecule has 1 saturated heterocycles. The molecule has 3 N–H and O–H groups in total. The van der Waals surface area contributed by atoms with Gasteiger partial charge in [0.15, 0.2) is 0 Å². The Balaban J connectivity index is 2.03. The van der Waals surface area contributed by atoms with E-state index in [0.717, 1.165) is 6.42 Å². The summed E-state index contributed by atoms with van der Waals surface area (Å²) in [5.41, 5.74) is 6.73. The monoisotopic (exact) mass is 292 g/mol. The number of benzene rings is 1. The molecule has 1 aromatic carbocycles. The Morgan fingerprint density at radius 3 is 2.90 bits per heavy atom. The molecular formula is C15H20N2O4. The van der Waals surface area contributed by atoms with Crippen LogP contribution in [0.25, 0.3) is 0 Å². The molecule has 0 spiro atoms. The van der Waals surface area contributed by atoms with E-state index in [9.17, 15) is 9.59 Å². The summed E-state index contributed by atoms with van der Waals surface area (Å²) in [5.74, 6) is -0.0768. The zero-order valence-electron chi connectivity index (χ0n) is 12.0. The van der Waals surface area contributed by atoms with Gasteiger partial charge < -0.3 is 20.5 Å². The number of carboxylic acids is 1. The molecular weight excluding hydrogens is 272 g/mol. The van der Waals surface area contributed by atoms with Crippen molar-refractivity contribution in [1.82, 2.24) is 4.90 Å². The maximum absolute atomic E-state index is 12.5. The van der Waals surface area contributed by atoms with Gasteiger partial charge in [0.05, 0.1) is 12.7 Å². The molecule has 1 atom stereocenters. The Kier molecular flexibility index (Phi) is 4.67. The molecule has 21 heavy (non-hydrogen) atoms. The van der Waals surface area contributed by atoms with Gasteiger partial charge in [-0.25, -0.2) is 0 Å². The lowest BCUT2D eigenvalue weighted by Crippen LogP contribution is -2.29. The van der Waals surface area contributed by atoms with Gasteiger partial charge in [-0.3, -0.25) is 9.59 Å². The summed E-state index contributed by atoms with van der Waals surface area (Å²) in [5, 5.41) is 8.71. The molecule has 1 heterocycles. The third-order valence-electron chi connectivity index (χ3n) is 3.83. The predicted octanol–water partition coefficient (Wildman–Crippen LogP) is 1.60. The van der Waals surface area contributed by atoms with Crippen LogP contribution >= 0.6 is 0 Å². The maximum Gasteiger partial charge on any atom is 0.303 e. The molecule has 1 aliphatic rings. The average molecular weight is 292 g/mol. The predicted molar refractivity (Wildman–Crippen MR) is 78.3 cm³/mol. The van der Waals surface area contributed by atoms with E-state index in [1.807, 2.05) is 0 Å². The third kappa shape index (κ3) is 3.65. The van der Waals surface area contributed by atoms with Gasteiger partial charge in [-0.1, -0.05) is 0 Å². The van der Waals surface area contributed by atoms with E-state index < -0.39 is 5.97 Å². The van der Waals surface area contributed by atoms with Gasteiger partial charge in [-0.05, 0) is 37.0 Å². The molecule has 2 rings (SSSR count). The molecule has 1 aromatic rings. The highest BCUT2D eigenvalue weighted by molar-refractivity contribution is 5.99. The van der Waals surface area contributed by atoms with Crippen LogP contribution < -0.4 is 10.5 Å². The quantitative estimate of drug-likeness (QED) is 0.804. The number of anilines is 1. The largest absolute Gasteiger partial charge is 0.497 e. The van der Waals surface area contributed by atoms with Crippen LogP contribution in [0.5, 0.6) is 5.75 Å². The van der Waals surface area contributed by atoms with Crippen molar-refractivity contribution in [3.05, 3.63) is 23.8 Å². The number of amides is 1. The zero-order valence-corrected chi connectivity index (χ0v) is 12.0. The van der Waals surface area contributed by atoms with E-state index >= 15 is 0 Å². The van der Waals surface area contributed by atoms with Crippen LogP contribution in [0.15, 0.2) is 18.2 Å². The van der Waals surface area contributed by atoms with Crippen molar-refractivity contribution in [3.63, 3.8) is 0 Å². The Labute approximate surface area is 123 Å². The summed E-state index contributed by atoms with van der Waals surface area (Å²) in [4.78, 5) is 24.8. The van der Waals surface area contributed by atoms with Crippen LogP contribution in [-0.2, 0) is 4.79 Å². The van der Waals surface area contributed by atoms with Crippen molar-refractivity contribution >= 4 is 17.6 Å². The maximum atomic E-state index is 12.5. The van der Waals surface area contributed by atoms with Gasteiger partial charge >= 0.3 is 5.97 Å². The number of likely N-dealkylation sites (tertiary alicyclic amines) is 1. The van der Waals surface area contributed by atoms with Gasteiger partial charge in [0.2, 0.25) is 0 Å². The fourth-order valence-corrected chi connectivity index (χ4v) is 2.60. The number of aliphatic carboxylic acids is 1. The Morgan fingerprint density at radius 2 is 2.24 bits per heavy atom. The molecule has 0 aromatic heterocycles. The highest BCUT2D eigenvalue weighted by atomic mass is 16.5. The molecule has 1 aliphatic heterocycles. The van der Waals surface area contributed by atoms with E-state index in [-0.39, 0.29) is 18.2 Å². The Morgan fingerprint density at radius 1 is 1.48 bits per heavy atom. The van der Waals surface area contributed by atoms with Crippen LogP contribution in [0.2, 0.25) is 0 Å². The number of carbonyl (C=O) groups is 2. The number of hydrogen-bond acceptors (Lipinski definition) is 4. The first-order valence-electron chi connectivity index (χ1n) is 6.96. The van der Waals surface area contributed by atoms with Crippen molar-refractivity contribution < 1.29 is 19.4 Å². The second-order valence-electron chi connectivity index (χ2n) is 5.29. The fourth-order valence-electron chi connectivity index (χ4n) is 2.60. The van der Waals surface area contributed by atoms with Gasteiger partial charge in [0.1, 0.15) is 5.75 Å². The smallest absolute Gasteiger partial charge is 0.303 e. The topological polar surface area (TPSA) is 92.9 Å². The molecule has 1 fully saturated rings. The lowest BCUT2D eigenvalue weighted by molar-refractivity contribution is -0.137. The highest BCUT2D eigenvalue weighted by Crippen LogP contribution is 2.26. The minimum atomic E-state index is -0.795. The number of nitrogen functional groups attached to an aromatic ring is 1. The van der Waals surface area contributed by atoms with Crippen LogP contribution in [0, 0.1) is 5.92 Å². The van der Waals surface area contributed by atoms with Crippen molar-refractivity contribution in [3.8, 4) is 5.75 Å². The molecule has 6 heteroatoms. The van der Waals surface area contributed by atoms with Crippen molar-refractivity contribution in [2.75, 3.05) is 25.9 Å². The van der Waals surface area contributed by atoms with E-state index in [2.05, 4.69) is 0 Å². The van der Waals surface area contributed by atoms with E-state index in [0.29, 0.717) is 36.5 Å². The number of nitrogens with two attached hydrogens (primary N) is 1. The molecule has 0 bridgehead atoms. The second kappa shape index (κ2) is 6.47. The Hall–Kier alpha value is -2.24. The number of ether oxygens (including phenoxy) is 1. The first kappa shape index (κ1) is 15.2. The fraction of sp³-hybridized carbons (Fsp3) is 0.467. The number of nitrogens with zero attached hydrogens (tertiary/aromatic N) is 1. The van der Waals surface area contributed by atoms with Gasteiger partial charge in [-0.2, -0.15) is 0 Å². The standard InChI is InChI=1S/C15H20N2O4/c1-21-11-3-4-13(16)12(8-11)15(20)17-7-6-10(9-17)2-5-14(18)19/h3-4,8,10H,2,5-7,9,16H2,1H3,(H,18,19). The minimum absolute atomic E-state index is 0.121. The summed E-state index contributed by atoms with van der Waals surface area (Å²) in [6, 6.07) is 5.01. The number of hydrogen-bond donors (Lipinski definition) is 2. The minimum Gasteiger partial charge on any atom is -0.497 e. The lowest BCUT2D eigenvalue weighted by Gasteiger charge is -2.18. The zero-order chi connectivity index (χ0) is 15.4. The second-order valence-corrected chi connectivity index (χ2v) is 5.29. The van der Waals surface area contributed by atoms with Gasteiger partial charge in [0, 0.05) is 25.2 Å². The summed E-state index contributed by atoms with van der Waals surface area (Å²) >= 11 is 0. The van der Waals surface area contributed by atoms with Crippen LogP contribution in [0.4, 0.5) is 5.69 Å². The van der Waals surface area contributed by atoms with Crippen molar-refractivity contribution in [2.24, 2.45) is 5.92 Å². The summed E-state index contributed by atoms with van der Waals surface area (Å²) in [6.45, 7) is 1.22. The lowest BCUT2D eigenvalue weighted by atomic mass is 10.0. The number of carboxylic acid groups (broad SMARTS) is 1. The molecule has 0 aliphatic carbocycles. The van der Waals surface area contributed by atoms with Crippen molar-refractivity contribution in [2.45, 2.75) is 19.3 Å². The number of carbonyl (C=O) groups excluding carboxylic acids is 1. The van der Waals surface area contributed by atoms with Crippen LogP contribution in [0.1, 0.15) is 29.6 Å². The normalized spacial score (nSPS) is 17.8. The molecule has 0 radical (unpaired) electrons. The molecule has 6 nitrogen and oxygen atoms in total. The van der Waals surface area contributed by atoms with Crippen LogP contribution in [0.3, 0.4) is 0 Å². The Bertz CT molecular complexity index is 544. The third-order valence-corrected chi connectivity index (χ3v) is 3.83. The summed E-state index contributed by atoms with van der Waals surface area (Å²) in [6.07, 6.45) is 1.59.